The number of nitro benzene ring substituents is 1. The molecule has 2 aliphatic rings. The molecule has 0 aromatic heterocycles. The first-order valence-corrected chi connectivity index (χ1v) is 15.0. The second-order valence-corrected chi connectivity index (χ2v) is 12.0. The van der Waals surface area contributed by atoms with Gasteiger partial charge >= 0.3 is 11.9 Å². The Morgan fingerprint density at radius 3 is 1.96 bits per heavy atom. The van der Waals surface area contributed by atoms with Gasteiger partial charge in [0.15, 0.2) is 0 Å². The number of hydrogen-bond donors (Lipinski definition) is 3. The molecule has 0 spiro atoms. The molecule has 3 N–H and O–H groups in total. The van der Waals surface area contributed by atoms with Gasteiger partial charge in [-0.05, 0) is 43.9 Å². The number of carboxylic acids is 2. The van der Waals surface area contributed by atoms with Crippen LogP contribution < -0.4 is 5.32 Å². The molecule has 0 amide bonds. The van der Waals surface area contributed by atoms with Gasteiger partial charge in [-0.3, -0.25) is 19.9 Å². The summed E-state index contributed by atoms with van der Waals surface area (Å²) in [6.07, 6.45) is 0.373. The van der Waals surface area contributed by atoms with Crippen LogP contribution in [0.4, 0.5) is 5.69 Å². The molecule has 234 valence electrons. The van der Waals surface area contributed by atoms with Gasteiger partial charge in [0, 0.05) is 55.6 Å². The highest BCUT2D eigenvalue weighted by Gasteiger charge is 2.44. The molecule has 2 aliphatic heterocycles. The Balaban J connectivity index is 1.42. The third kappa shape index (κ3) is 6.52. The molecule has 2 unspecified atom stereocenters. The third-order valence-corrected chi connectivity index (χ3v) is 8.94. The van der Waals surface area contributed by atoms with Crippen molar-refractivity contribution in [3.63, 3.8) is 0 Å². The van der Waals surface area contributed by atoms with Crippen molar-refractivity contribution in [3.8, 4) is 0 Å². The number of rotatable bonds is 10. The second-order valence-electron chi connectivity index (χ2n) is 12.0. The van der Waals surface area contributed by atoms with Crippen LogP contribution in [0.15, 0.2) is 102 Å². The number of carboxylic acid groups (broad SMARTS) is 2. The number of dihydropyridines is 1. The number of nitrogens with zero attached hydrogens (tertiary/aromatic N) is 3. The van der Waals surface area contributed by atoms with Crippen LogP contribution >= 0.6 is 0 Å². The fraction of sp³-hybridized carbons (Fsp3) is 0.314. The van der Waals surface area contributed by atoms with Crippen molar-refractivity contribution >= 4 is 23.2 Å². The fourth-order valence-corrected chi connectivity index (χ4v) is 7.00. The van der Waals surface area contributed by atoms with Gasteiger partial charge in [-0.1, -0.05) is 72.8 Å². The summed E-state index contributed by atoms with van der Waals surface area (Å²) in [6.45, 7) is 8.60. The summed E-state index contributed by atoms with van der Waals surface area (Å²) in [4.78, 5) is 41.1. The van der Waals surface area contributed by atoms with Crippen LogP contribution in [0, 0.1) is 10.1 Å². The predicted molar refractivity (Wildman–Crippen MR) is 171 cm³/mol. The van der Waals surface area contributed by atoms with E-state index in [4.69, 9.17) is 0 Å². The summed E-state index contributed by atoms with van der Waals surface area (Å²) in [5.74, 6) is -2.58. The quantitative estimate of drug-likeness (QED) is 0.205. The summed E-state index contributed by atoms with van der Waals surface area (Å²) < 4.78 is 0. The second kappa shape index (κ2) is 13.1. The van der Waals surface area contributed by atoms with Crippen LogP contribution in [0.3, 0.4) is 0 Å². The van der Waals surface area contributed by atoms with E-state index in [9.17, 15) is 29.9 Å². The van der Waals surface area contributed by atoms with Crippen LogP contribution in [0.1, 0.15) is 49.9 Å². The van der Waals surface area contributed by atoms with E-state index in [0.717, 1.165) is 26.2 Å². The minimum absolute atomic E-state index is 0.0111. The molecule has 45 heavy (non-hydrogen) atoms. The average molecular weight is 611 g/mol. The molecule has 5 rings (SSSR count). The van der Waals surface area contributed by atoms with E-state index in [0.29, 0.717) is 12.1 Å². The van der Waals surface area contributed by atoms with Gasteiger partial charge in [-0.15, -0.1) is 0 Å². The molecular weight excluding hydrogens is 572 g/mol. The SMILES string of the molecule is CC1=C(C(=O)O)C(c2cccc([N+](=O)[O-])c2)=C(C(=O)O)C(C)(CC(C)N2CCN(C(c3ccccc3)c3ccccc3)CC2)N1. The average Bonchev–Trinajstić information content (AvgIpc) is 3.01. The highest BCUT2D eigenvalue weighted by atomic mass is 16.6. The molecule has 3 aromatic carbocycles. The van der Waals surface area contributed by atoms with Crippen LogP contribution in [0.5, 0.6) is 0 Å². The number of nitrogens with one attached hydrogen (secondary N) is 1. The number of allylic oxidation sites excluding steroid dienone is 1. The normalized spacial score (nSPS) is 20.2. The first-order chi connectivity index (χ1) is 21.5. The van der Waals surface area contributed by atoms with E-state index in [1.807, 2.05) is 12.1 Å². The van der Waals surface area contributed by atoms with Gasteiger partial charge in [-0.25, -0.2) is 9.59 Å². The van der Waals surface area contributed by atoms with Crippen LogP contribution in [-0.4, -0.2) is 74.6 Å². The van der Waals surface area contributed by atoms with Crippen LogP contribution in [0.2, 0.25) is 0 Å². The molecule has 0 bridgehead atoms. The van der Waals surface area contributed by atoms with Crippen molar-refractivity contribution in [2.75, 3.05) is 26.2 Å². The molecule has 2 heterocycles. The Morgan fingerprint density at radius 2 is 1.44 bits per heavy atom. The summed E-state index contributed by atoms with van der Waals surface area (Å²) in [6, 6.07) is 26.4. The molecule has 1 saturated heterocycles. The maximum atomic E-state index is 12.9. The van der Waals surface area contributed by atoms with Crippen LogP contribution in [0.25, 0.3) is 5.57 Å². The van der Waals surface area contributed by atoms with Gasteiger partial charge in [0.25, 0.3) is 5.69 Å². The molecule has 0 radical (unpaired) electrons. The fourth-order valence-electron chi connectivity index (χ4n) is 7.00. The highest BCUT2D eigenvalue weighted by molar-refractivity contribution is 6.14. The van der Waals surface area contributed by atoms with E-state index in [2.05, 4.69) is 70.6 Å². The number of aliphatic carboxylic acids is 2. The smallest absolute Gasteiger partial charge is 0.338 e. The molecular formula is C35H38N4O6. The standard InChI is InChI=1S/C35H38N4O6/c1-23(37-17-19-38(20-18-37)32(25-11-6-4-7-12-25)26-13-8-5-9-14-26)22-35(3)31(34(42)43)30(29(33(40)41)24(2)36-35)27-15-10-16-28(21-27)39(44)45/h4-16,21,23,32,36H,17-20,22H2,1-3H3,(H,40,41)(H,42,43). The number of hydrogen-bond acceptors (Lipinski definition) is 7. The minimum atomic E-state index is -1.31. The van der Waals surface area contributed by atoms with Gasteiger partial charge in [-0.2, -0.15) is 0 Å². The Labute approximate surface area is 262 Å². The zero-order valence-electron chi connectivity index (χ0n) is 25.6. The maximum Gasteiger partial charge on any atom is 0.338 e. The van der Waals surface area contributed by atoms with Crippen molar-refractivity contribution in [1.82, 2.24) is 15.1 Å². The Hall–Kier alpha value is -4.80. The van der Waals surface area contributed by atoms with Crippen molar-refractivity contribution < 1.29 is 24.7 Å². The number of carbonyl (C=O) groups is 2. The molecule has 0 aliphatic carbocycles. The largest absolute Gasteiger partial charge is 0.478 e. The predicted octanol–water partition coefficient (Wildman–Crippen LogP) is 5.34. The lowest BCUT2D eigenvalue weighted by Gasteiger charge is -2.45. The van der Waals surface area contributed by atoms with Gasteiger partial charge in [0.05, 0.1) is 27.7 Å². The van der Waals surface area contributed by atoms with E-state index in [-0.39, 0.29) is 40.1 Å². The van der Waals surface area contributed by atoms with Crippen molar-refractivity contribution in [3.05, 3.63) is 129 Å². The number of benzene rings is 3. The number of piperazine rings is 1. The highest BCUT2D eigenvalue weighted by Crippen LogP contribution is 2.42. The number of non-ortho nitro benzene ring substituents is 1. The topological polar surface area (TPSA) is 136 Å². The Bertz CT molecular complexity index is 1610. The van der Waals surface area contributed by atoms with Crippen molar-refractivity contribution in [2.24, 2.45) is 0 Å². The first kappa shape index (κ1) is 31.6. The lowest BCUT2D eigenvalue weighted by atomic mass is 9.75. The van der Waals surface area contributed by atoms with Crippen LogP contribution in [-0.2, 0) is 9.59 Å². The van der Waals surface area contributed by atoms with E-state index >= 15 is 0 Å². The minimum Gasteiger partial charge on any atom is -0.478 e. The molecule has 10 nitrogen and oxygen atoms in total. The molecule has 2 atom stereocenters. The third-order valence-electron chi connectivity index (χ3n) is 8.94. The lowest BCUT2D eigenvalue weighted by Crippen LogP contribution is -2.56. The zero-order valence-corrected chi connectivity index (χ0v) is 25.6. The van der Waals surface area contributed by atoms with Gasteiger partial charge in [0.1, 0.15) is 0 Å². The molecule has 0 saturated carbocycles. The van der Waals surface area contributed by atoms with Gasteiger partial charge < -0.3 is 15.5 Å². The summed E-state index contributed by atoms with van der Waals surface area (Å²) >= 11 is 0. The maximum absolute atomic E-state index is 12.9. The number of nitro groups is 1. The lowest BCUT2D eigenvalue weighted by molar-refractivity contribution is -0.384. The summed E-state index contributed by atoms with van der Waals surface area (Å²) in [5.41, 5.74) is 1.20. The van der Waals surface area contributed by atoms with E-state index in [1.54, 1.807) is 13.8 Å². The van der Waals surface area contributed by atoms with E-state index in [1.165, 1.54) is 35.4 Å². The summed E-state index contributed by atoms with van der Waals surface area (Å²) in [7, 11) is 0. The van der Waals surface area contributed by atoms with E-state index < -0.39 is 22.4 Å². The molecule has 1 fully saturated rings. The zero-order chi connectivity index (χ0) is 32.3. The monoisotopic (exact) mass is 610 g/mol. The van der Waals surface area contributed by atoms with Crippen molar-refractivity contribution in [1.29, 1.82) is 0 Å². The van der Waals surface area contributed by atoms with Crippen molar-refractivity contribution in [2.45, 2.75) is 44.8 Å². The molecule has 3 aromatic rings. The first-order valence-electron chi connectivity index (χ1n) is 15.0. The Morgan fingerprint density at radius 1 is 0.889 bits per heavy atom. The summed E-state index contributed by atoms with van der Waals surface area (Å²) in [5, 5.41) is 35.4. The van der Waals surface area contributed by atoms with Gasteiger partial charge in [0.2, 0.25) is 0 Å². The Kier molecular flexibility index (Phi) is 9.17. The molecule has 10 heteroatoms.